The number of ether oxygens (including phenoxy) is 1. The average molecular weight is 173 g/mol. The van der Waals surface area contributed by atoms with E-state index in [0.717, 1.165) is 0 Å². The average Bonchev–Trinajstić information content (AvgIpc) is 2.03. The maximum absolute atomic E-state index is 10.6. The number of nitrogens with one attached hydrogen (secondary N) is 1. The molecule has 4 heteroatoms. The number of carbonyl (C=O) groups excluding carboxylic acids is 1. The summed E-state index contributed by atoms with van der Waals surface area (Å²) < 4.78 is 5.10. The van der Waals surface area contributed by atoms with E-state index in [-0.39, 0.29) is 5.91 Å². The number of amides is 1. The molecule has 4 nitrogen and oxygen atoms in total. The van der Waals surface area contributed by atoms with Gasteiger partial charge in [0.1, 0.15) is 0 Å². The van der Waals surface area contributed by atoms with Crippen LogP contribution < -0.4 is 5.32 Å². The minimum absolute atomic E-state index is 0.102. The van der Waals surface area contributed by atoms with Crippen LogP contribution in [0.5, 0.6) is 0 Å². The van der Waals surface area contributed by atoms with Gasteiger partial charge in [-0.15, -0.1) is 0 Å². The number of carbonyl (C=O) groups is 1. The van der Waals surface area contributed by atoms with Crippen LogP contribution in [0.15, 0.2) is 0 Å². The topological polar surface area (TPSA) is 58.6 Å². The zero-order valence-corrected chi connectivity index (χ0v) is 7.30. The maximum atomic E-state index is 10.6. The third-order valence-electron chi connectivity index (χ3n) is 2.09. The van der Waals surface area contributed by atoms with Crippen molar-refractivity contribution in [2.75, 3.05) is 19.8 Å². The van der Waals surface area contributed by atoms with Crippen LogP contribution in [0.4, 0.5) is 0 Å². The molecule has 0 unspecified atom stereocenters. The Labute approximate surface area is 71.9 Å². The lowest BCUT2D eigenvalue weighted by Gasteiger charge is -2.31. The molecule has 0 bridgehead atoms. The first-order valence-corrected chi connectivity index (χ1v) is 4.17. The van der Waals surface area contributed by atoms with Crippen LogP contribution in [0.3, 0.4) is 0 Å². The molecule has 1 saturated heterocycles. The Bertz CT molecular complexity index is 164. The van der Waals surface area contributed by atoms with Gasteiger partial charge in [0.05, 0.1) is 5.60 Å². The normalized spacial score (nSPS) is 21.8. The second kappa shape index (κ2) is 3.87. The highest BCUT2D eigenvalue weighted by Gasteiger charge is 2.29. The van der Waals surface area contributed by atoms with Crippen LogP contribution in [-0.4, -0.2) is 36.4 Å². The van der Waals surface area contributed by atoms with E-state index in [1.54, 1.807) is 0 Å². The van der Waals surface area contributed by atoms with Crippen LogP contribution in [0, 0.1) is 0 Å². The van der Waals surface area contributed by atoms with E-state index < -0.39 is 5.60 Å². The highest BCUT2D eigenvalue weighted by Crippen LogP contribution is 2.18. The van der Waals surface area contributed by atoms with Crippen molar-refractivity contribution in [3.05, 3.63) is 0 Å². The Kier molecular flexibility index (Phi) is 3.05. The summed E-state index contributed by atoms with van der Waals surface area (Å²) in [7, 11) is 0. The van der Waals surface area contributed by atoms with Gasteiger partial charge in [-0.1, -0.05) is 0 Å². The standard InChI is InChI=1S/C8H15NO3/c1-7(10)9-6-8(11)2-4-12-5-3-8/h11H,2-6H2,1H3,(H,9,10). The molecule has 0 atom stereocenters. The first-order valence-electron chi connectivity index (χ1n) is 4.17. The fraction of sp³-hybridized carbons (Fsp3) is 0.875. The van der Waals surface area contributed by atoms with Gasteiger partial charge in [-0.2, -0.15) is 0 Å². The highest BCUT2D eigenvalue weighted by atomic mass is 16.5. The van der Waals surface area contributed by atoms with Gasteiger partial charge in [0.15, 0.2) is 0 Å². The number of rotatable bonds is 2. The molecule has 12 heavy (non-hydrogen) atoms. The first-order chi connectivity index (χ1) is 5.62. The molecule has 1 amide bonds. The molecule has 0 radical (unpaired) electrons. The second-order valence-corrected chi connectivity index (χ2v) is 3.25. The summed E-state index contributed by atoms with van der Waals surface area (Å²) >= 11 is 0. The van der Waals surface area contributed by atoms with Crippen LogP contribution in [0.2, 0.25) is 0 Å². The molecule has 1 fully saturated rings. The molecule has 0 saturated carbocycles. The molecule has 2 N–H and O–H groups in total. The zero-order valence-electron chi connectivity index (χ0n) is 7.30. The highest BCUT2D eigenvalue weighted by molar-refractivity contribution is 5.72. The molecule has 0 aromatic carbocycles. The molecule has 70 valence electrons. The predicted molar refractivity (Wildman–Crippen MR) is 43.7 cm³/mol. The summed E-state index contributed by atoms with van der Waals surface area (Å²) in [5.41, 5.74) is -0.746. The van der Waals surface area contributed by atoms with Crippen molar-refractivity contribution < 1.29 is 14.6 Å². The van der Waals surface area contributed by atoms with Crippen molar-refractivity contribution in [3.8, 4) is 0 Å². The van der Waals surface area contributed by atoms with Crippen molar-refractivity contribution in [1.29, 1.82) is 0 Å². The third-order valence-corrected chi connectivity index (χ3v) is 2.09. The summed E-state index contributed by atoms with van der Waals surface area (Å²) in [4.78, 5) is 10.6. The largest absolute Gasteiger partial charge is 0.388 e. The lowest BCUT2D eigenvalue weighted by molar-refractivity contribution is -0.121. The molecule has 1 rings (SSSR count). The Balaban J connectivity index is 2.31. The van der Waals surface area contributed by atoms with E-state index in [2.05, 4.69) is 5.32 Å². The van der Waals surface area contributed by atoms with Crippen molar-refractivity contribution in [3.63, 3.8) is 0 Å². The van der Waals surface area contributed by atoms with Gasteiger partial charge in [-0.05, 0) is 0 Å². The smallest absolute Gasteiger partial charge is 0.216 e. The van der Waals surface area contributed by atoms with Crippen LogP contribution in [-0.2, 0) is 9.53 Å². The molecular weight excluding hydrogens is 158 g/mol. The molecule has 0 aromatic heterocycles. The fourth-order valence-electron chi connectivity index (χ4n) is 1.22. The van der Waals surface area contributed by atoms with Crippen molar-refractivity contribution in [1.82, 2.24) is 5.32 Å². The summed E-state index contributed by atoms with van der Waals surface area (Å²) in [5, 5.41) is 12.4. The molecule has 0 aliphatic carbocycles. The minimum Gasteiger partial charge on any atom is -0.388 e. The van der Waals surface area contributed by atoms with Crippen molar-refractivity contribution in [2.45, 2.75) is 25.4 Å². The molecule has 0 aromatic rings. The lowest BCUT2D eigenvalue weighted by atomic mass is 9.94. The van der Waals surface area contributed by atoms with Crippen molar-refractivity contribution in [2.24, 2.45) is 0 Å². The SMILES string of the molecule is CC(=O)NCC1(O)CCOCC1. The molecule has 1 aliphatic heterocycles. The molecule has 1 aliphatic rings. The van der Waals surface area contributed by atoms with Gasteiger partial charge in [0.25, 0.3) is 0 Å². The number of hydrogen-bond acceptors (Lipinski definition) is 3. The summed E-state index contributed by atoms with van der Waals surface area (Å²) in [6.07, 6.45) is 1.21. The molecule has 0 spiro atoms. The van der Waals surface area contributed by atoms with E-state index in [9.17, 15) is 9.90 Å². The first kappa shape index (κ1) is 9.48. The lowest BCUT2D eigenvalue weighted by Crippen LogP contribution is -2.46. The van der Waals surface area contributed by atoms with E-state index in [1.807, 2.05) is 0 Å². The van der Waals surface area contributed by atoms with E-state index in [4.69, 9.17) is 4.74 Å². The fourth-order valence-corrected chi connectivity index (χ4v) is 1.22. The van der Waals surface area contributed by atoms with Gasteiger partial charge in [0, 0.05) is 39.5 Å². The zero-order chi connectivity index (χ0) is 9.03. The van der Waals surface area contributed by atoms with Crippen LogP contribution >= 0.6 is 0 Å². The van der Waals surface area contributed by atoms with Gasteiger partial charge < -0.3 is 15.2 Å². The molecule has 1 heterocycles. The van der Waals surface area contributed by atoms with Gasteiger partial charge in [-0.3, -0.25) is 4.79 Å². The Hall–Kier alpha value is -0.610. The van der Waals surface area contributed by atoms with Gasteiger partial charge in [0.2, 0.25) is 5.91 Å². The van der Waals surface area contributed by atoms with Crippen molar-refractivity contribution >= 4 is 5.91 Å². The van der Waals surface area contributed by atoms with E-state index in [0.29, 0.717) is 32.6 Å². The quantitative estimate of drug-likeness (QED) is 0.601. The van der Waals surface area contributed by atoms with E-state index >= 15 is 0 Å². The van der Waals surface area contributed by atoms with Gasteiger partial charge >= 0.3 is 0 Å². The number of hydrogen-bond donors (Lipinski definition) is 2. The summed E-state index contributed by atoms with van der Waals surface area (Å²) in [5.74, 6) is -0.102. The Morgan fingerprint density at radius 2 is 2.17 bits per heavy atom. The predicted octanol–water partition coefficient (Wildman–Crippen LogP) is -0.336. The van der Waals surface area contributed by atoms with E-state index in [1.165, 1.54) is 6.92 Å². The Morgan fingerprint density at radius 1 is 1.58 bits per heavy atom. The molecular formula is C8H15NO3. The van der Waals surface area contributed by atoms with Gasteiger partial charge in [-0.25, -0.2) is 0 Å². The monoisotopic (exact) mass is 173 g/mol. The third kappa shape index (κ3) is 2.79. The summed E-state index contributed by atoms with van der Waals surface area (Å²) in [6, 6.07) is 0. The maximum Gasteiger partial charge on any atom is 0.216 e. The van der Waals surface area contributed by atoms with Crippen LogP contribution in [0.25, 0.3) is 0 Å². The minimum atomic E-state index is -0.746. The second-order valence-electron chi connectivity index (χ2n) is 3.25. The van der Waals surface area contributed by atoms with Crippen LogP contribution in [0.1, 0.15) is 19.8 Å². The summed E-state index contributed by atoms with van der Waals surface area (Å²) in [6.45, 7) is 2.94. The Morgan fingerprint density at radius 3 is 2.67 bits per heavy atom. The number of aliphatic hydroxyl groups is 1.